The van der Waals surface area contributed by atoms with E-state index in [0.29, 0.717) is 52.3 Å². The molecule has 4 rings (SSSR count). The van der Waals surface area contributed by atoms with Crippen molar-refractivity contribution < 1.29 is 37.7 Å². The average Bonchev–Trinajstić information content (AvgIpc) is 3.38. The molecule has 0 aromatic heterocycles. The van der Waals surface area contributed by atoms with E-state index in [1.807, 2.05) is 0 Å². The Morgan fingerprint density at radius 1 is 1.21 bits per heavy atom. The first-order valence-corrected chi connectivity index (χ1v) is 11.2. The minimum Gasteiger partial charge on any atom is -0.406 e. The SMILES string of the molecule is O=C(CC(CO)N1CCOC2(CCN(c3ccc(OC(F)(F)F)cc3)C2)C1)N1CCC(O)C1. The summed E-state index contributed by atoms with van der Waals surface area (Å²) in [5.41, 5.74) is 0.309. The number of ether oxygens (including phenoxy) is 2. The zero-order chi connectivity index (χ0) is 23.6. The highest BCUT2D eigenvalue weighted by atomic mass is 19.4. The van der Waals surface area contributed by atoms with E-state index in [4.69, 9.17) is 4.74 Å². The topological polar surface area (TPSA) is 85.7 Å². The lowest BCUT2D eigenvalue weighted by atomic mass is 9.98. The first-order chi connectivity index (χ1) is 15.7. The second kappa shape index (κ2) is 9.65. The van der Waals surface area contributed by atoms with E-state index in [0.717, 1.165) is 12.1 Å². The number of nitrogens with zero attached hydrogens (tertiary/aromatic N) is 3. The highest BCUT2D eigenvalue weighted by Gasteiger charge is 2.44. The second-order valence-corrected chi connectivity index (χ2v) is 9.04. The fourth-order valence-corrected chi connectivity index (χ4v) is 4.96. The molecule has 0 saturated carbocycles. The van der Waals surface area contributed by atoms with Crippen molar-refractivity contribution >= 4 is 11.6 Å². The van der Waals surface area contributed by atoms with Crippen molar-refractivity contribution in [2.45, 2.75) is 43.4 Å². The number of amides is 1. The summed E-state index contributed by atoms with van der Waals surface area (Å²) < 4.78 is 47.3. The summed E-state index contributed by atoms with van der Waals surface area (Å²) in [7, 11) is 0. The molecule has 2 N–H and O–H groups in total. The first kappa shape index (κ1) is 24.1. The van der Waals surface area contributed by atoms with Crippen LogP contribution in [0.25, 0.3) is 0 Å². The maximum absolute atomic E-state index is 12.6. The summed E-state index contributed by atoms with van der Waals surface area (Å²) >= 11 is 0. The Hall–Kier alpha value is -2.08. The first-order valence-electron chi connectivity index (χ1n) is 11.2. The Morgan fingerprint density at radius 3 is 2.61 bits per heavy atom. The van der Waals surface area contributed by atoms with Gasteiger partial charge in [0.05, 0.1) is 24.9 Å². The van der Waals surface area contributed by atoms with Crippen molar-refractivity contribution in [2.75, 3.05) is 57.4 Å². The van der Waals surface area contributed by atoms with E-state index in [9.17, 15) is 28.2 Å². The van der Waals surface area contributed by atoms with Crippen molar-refractivity contribution in [3.8, 4) is 5.75 Å². The molecule has 1 aromatic carbocycles. The number of aliphatic hydroxyl groups is 2. The number of carbonyl (C=O) groups is 1. The number of rotatable bonds is 6. The van der Waals surface area contributed by atoms with Gasteiger partial charge in [-0.25, -0.2) is 0 Å². The van der Waals surface area contributed by atoms with Gasteiger partial charge in [0, 0.05) is 57.4 Å². The van der Waals surface area contributed by atoms with Crippen LogP contribution in [0.4, 0.5) is 18.9 Å². The molecule has 0 bridgehead atoms. The van der Waals surface area contributed by atoms with Gasteiger partial charge in [0.2, 0.25) is 5.91 Å². The van der Waals surface area contributed by atoms with Crippen LogP contribution >= 0.6 is 0 Å². The largest absolute Gasteiger partial charge is 0.573 e. The summed E-state index contributed by atoms with van der Waals surface area (Å²) in [6, 6.07) is 5.46. The van der Waals surface area contributed by atoms with Gasteiger partial charge in [-0.05, 0) is 37.1 Å². The molecule has 1 spiro atoms. The van der Waals surface area contributed by atoms with Crippen molar-refractivity contribution in [1.82, 2.24) is 9.80 Å². The number of alkyl halides is 3. The van der Waals surface area contributed by atoms with Gasteiger partial charge in [0.25, 0.3) is 0 Å². The van der Waals surface area contributed by atoms with Crippen LogP contribution < -0.4 is 9.64 Å². The molecule has 33 heavy (non-hydrogen) atoms. The zero-order valence-corrected chi connectivity index (χ0v) is 18.3. The molecule has 184 valence electrons. The number of β-amino-alcohol motifs (C(OH)–C–C–N with tert-alkyl or cyclic N) is 1. The average molecular weight is 473 g/mol. The maximum Gasteiger partial charge on any atom is 0.573 e. The van der Waals surface area contributed by atoms with Gasteiger partial charge in [-0.3, -0.25) is 9.69 Å². The van der Waals surface area contributed by atoms with Gasteiger partial charge >= 0.3 is 6.36 Å². The van der Waals surface area contributed by atoms with Crippen LogP contribution in [0.1, 0.15) is 19.3 Å². The van der Waals surface area contributed by atoms with Crippen LogP contribution in [-0.2, 0) is 9.53 Å². The number of morpholine rings is 1. The third-order valence-electron chi connectivity index (χ3n) is 6.68. The van der Waals surface area contributed by atoms with E-state index >= 15 is 0 Å². The monoisotopic (exact) mass is 473 g/mol. The normalized spacial score (nSPS) is 27.4. The molecule has 3 aliphatic heterocycles. The van der Waals surface area contributed by atoms with Crippen molar-refractivity contribution in [2.24, 2.45) is 0 Å². The van der Waals surface area contributed by atoms with Gasteiger partial charge in [0.15, 0.2) is 0 Å². The number of hydrogen-bond donors (Lipinski definition) is 2. The molecular weight excluding hydrogens is 443 g/mol. The molecule has 1 amide bonds. The standard InChI is InChI=1S/C22H30F3N3O5/c23-22(24,25)33-19-3-1-16(2-4-19)27-8-6-21(14-27)15-28(9-10-32-21)17(13-29)11-20(31)26-7-5-18(30)12-26/h1-4,17-18,29-30H,5-15H2. The zero-order valence-electron chi connectivity index (χ0n) is 18.3. The quantitative estimate of drug-likeness (QED) is 0.643. The molecule has 3 atom stereocenters. The lowest BCUT2D eigenvalue weighted by molar-refractivity contribution is -0.274. The third-order valence-corrected chi connectivity index (χ3v) is 6.68. The van der Waals surface area contributed by atoms with Crippen LogP contribution in [0, 0.1) is 0 Å². The smallest absolute Gasteiger partial charge is 0.406 e. The molecule has 11 heteroatoms. The van der Waals surface area contributed by atoms with Crippen LogP contribution in [0.5, 0.6) is 5.75 Å². The van der Waals surface area contributed by atoms with E-state index in [-0.39, 0.29) is 30.7 Å². The summed E-state index contributed by atoms with van der Waals surface area (Å²) in [6.45, 7) is 3.60. The number of hydrogen-bond acceptors (Lipinski definition) is 7. The van der Waals surface area contributed by atoms with Gasteiger partial charge in [0.1, 0.15) is 5.75 Å². The Labute approximate surface area is 190 Å². The number of likely N-dealkylation sites (tertiary alicyclic amines) is 1. The Kier molecular flexibility index (Phi) is 7.04. The molecule has 3 fully saturated rings. The maximum atomic E-state index is 12.6. The van der Waals surface area contributed by atoms with Crippen molar-refractivity contribution in [1.29, 1.82) is 0 Å². The fourth-order valence-electron chi connectivity index (χ4n) is 4.96. The number of carbonyl (C=O) groups excluding carboxylic acids is 1. The van der Waals surface area contributed by atoms with Crippen LogP contribution in [0.2, 0.25) is 0 Å². The van der Waals surface area contributed by atoms with E-state index in [2.05, 4.69) is 14.5 Å². The molecule has 3 aliphatic rings. The number of aliphatic hydroxyl groups excluding tert-OH is 2. The summed E-state index contributed by atoms with van der Waals surface area (Å²) in [6.07, 6.45) is -3.71. The molecule has 3 heterocycles. The number of anilines is 1. The van der Waals surface area contributed by atoms with E-state index in [1.165, 1.54) is 12.1 Å². The molecule has 0 radical (unpaired) electrons. The van der Waals surface area contributed by atoms with Gasteiger partial charge < -0.3 is 29.5 Å². The highest BCUT2D eigenvalue weighted by Crippen LogP contribution is 2.34. The van der Waals surface area contributed by atoms with Crippen LogP contribution in [-0.4, -0.2) is 103 Å². The minimum atomic E-state index is -4.72. The summed E-state index contributed by atoms with van der Waals surface area (Å²) in [4.78, 5) is 18.4. The highest BCUT2D eigenvalue weighted by molar-refractivity contribution is 5.77. The van der Waals surface area contributed by atoms with Gasteiger partial charge in [-0.1, -0.05) is 0 Å². The van der Waals surface area contributed by atoms with Crippen molar-refractivity contribution in [3.05, 3.63) is 24.3 Å². The minimum absolute atomic E-state index is 0.0691. The van der Waals surface area contributed by atoms with E-state index < -0.39 is 18.1 Å². The predicted octanol–water partition coefficient (Wildman–Crippen LogP) is 1.21. The Bertz CT molecular complexity index is 824. The molecular formula is C22H30F3N3O5. The summed E-state index contributed by atoms with van der Waals surface area (Å²) in [5, 5.41) is 19.7. The fraction of sp³-hybridized carbons (Fsp3) is 0.682. The van der Waals surface area contributed by atoms with E-state index in [1.54, 1.807) is 17.0 Å². The number of halogens is 3. The van der Waals surface area contributed by atoms with Crippen LogP contribution in [0.3, 0.4) is 0 Å². The van der Waals surface area contributed by atoms with Crippen molar-refractivity contribution in [3.63, 3.8) is 0 Å². The Balaban J connectivity index is 1.36. The molecule has 1 aromatic rings. The third kappa shape index (κ3) is 5.89. The second-order valence-electron chi connectivity index (χ2n) is 9.04. The number of benzene rings is 1. The van der Waals surface area contributed by atoms with Crippen LogP contribution in [0.15, 0.2) is 24.3 Å². The Morgan fingerprint density at radius 2 is 1.97 bits per heavy atom. The summed E-state index contributed by atoms with van der Waals surface area (Å²) in [5.74, 6) is -0.332. The molecule has 3 saturated heterocycles. The molecule has 8 nitrogen and oxygen atoms in total. The lowest BCUT2D eigenvalue weighted by Crippen LogP contribution is -2.57. The molecule has 0 aliphatic carbocycles. The lowest BCUT2D eigenvalue weighted by Gasteiger charge is -2.43. The predicted molar refractivity (Wildman–Crippen MR) is 113 cm³/mol. The van der Waals surface area contributed by atoms with Gasteiger partial charge in [-0.15, -0.1) is 13.2 Å². The molecule has 3 unspecified atom stereocenters. The van der Waals surface area contributed by atoms with Gasteiger partial charge in [-0.2, -0.15) is 0 Å².